The smallest absolute Gasteiger partial charge is 0.248 e. The summed E-state index contributed by atoms with van der Waals surface area (Å²) in [7, 11) is 0. The lowest BCUT2D eigenvalue weighted by atomic mass is 9.84. The summed E-state index contributed by atoms with van der Waals surface area (Å²) in [5, 5.41) is 5.69. The molecule has 2 bridgehead atoms. The molecular formula is C20H21ClN2O. The molecule has 4 heteroatoms. The van der Waals surface area contributed by atoms with Crippen LogP contribution in [-0.4, -0.2) is 30.4 Å². The predicted octanol–water partition coefficient (Wildman–Crippen LogP) is 4.47. The van der Waals surface area contributed by atoms with Gasteiger partial charge in [0.25, 0.3) is 0 Å². The number of piperidine rings is 2. The first-order chi connectivity index (χ1) is 11.7. The Morgan fingerprint density at radius 3 is 2.88 bits per heavy atom. The molecule has 2 aliphatic heterocycles. The quantitative estimate of drug-likeness (QED) is 0.818. The third-order valence-electron chi connectivity index (χ3n) is 5.19. The summed E-state index contributed by atoms with van der Waals surface area (Å²) in [5.74, 6) is 0.525. The molecule has 2 aromatic rings. The van der Waals surface area contributed by atoms with E-state index in [1.165, 1.54) is 25.0 Å². The predicted molar refractivity (Wildman–Crippen MR) is 99.5 cm³/mol. The van der Waals surface area contributed by atoms with E-state index in [9.17, 15) is 4.79 Å². The monoisotopic (exact) mass is 340 g/mol. The van der Waals surface area contributed by atoms with Crippen LogP contribution in [-0.2, 0) is 4.79 Å². The summed E-state index contributed by atoms with van der Waals surface area (Å²) in [6.45, 7) is 3.41. The molecule has 2 fully saturated rings. The van der Waals surface area contributed by atoms with Gasteiger partial charge in [0.15, 0.2) is 0 Å². The van der Waals surface area contributed by atoms with Crippen LogP contribution in [0.2, 0.25) is 5.02 Å². The molecule has 2 saturated heterocycles. The van der Waals surface area contributed by atoms with E-state index < -0.39 is 0 Å². The minimum Gasteiger partial charge on any atom is -0.322 e. The van der Waals surface area contributed by atoms with Gasteiger partial charge in [-0.25, -0.2) is 0 Å². The normalized spacial score (nSPS) is 25.0. The van der Waals surface area contributed by atoms with E-state index in [2.05, 4.69) is 10.2 Å². The maximum absolute atomic E-state index is 12.5. The van der Waals surface area contributed by atoms with Crippen LogP contribution in [0.3, 0.4) is 0 Å². The highest BCUT2D eigenvalue weighted by Gasteiger charge is 2.27. The van der Waals surface area contributed by atoms with Crippen LogP contribution in [0, 0.1) is 5.92 Å². The maximum Gasteiger partial charge on any atom is 0.248 e. The molecule has 1 amide bonds. The van der Waals surface area contributed by atoms with Crippen molar-refractivity contribution in [2.45, 2.75) is 19.3 Å². The largest absolute Gasteiger partial charge is 0.322 e. The first-order valence-electron chi connectivity index (χ1n) is 8.62. The van der Waals surface area contributed by atoms with Crippen LogP contribution in [0.15, 0.2) is 48.0 Å². The molecular weight excluding hydrogens is 320 g/mol. The number of anilines is 1. The lowest BCUT2D eigenvalue weighted by molar-refractivity contribution is -0.112. The SMILES string of the molecule is O=C(C=C1CCN2CCCC1C2)Nc1ccc(Cl)c2ccccc12. The van der Waals surface area contributed by atoms with E-state index in [1.807, 2.05) is 42.5 Å². The Kier molecular flexibility index (Phi) is 4.30. The Bertz CT molecular complexity index is 814. The van der Waals surface area contributed by atoms with Crippen molar-refractivity contribution in [3.8, 4) is 0 Å². The van der Waals surface area contributed by atoms with Gasteiger partial charge in [-0.15, -0.1) is 0 Å². The summed E-state index contributed by atoms with van der Waals surface area (Å²) in [5.41, 5.74) is 2.12. The molecule has 0 aliphatic carbocycles. The molecule has 1 N–H and O–H groups in total. The average Bonchev–Trinajstić information content (AvgIpc) is 2.61. The lowest BCUT2D eigenvalue weighted by Crippen LogP contribution is -2.41. The van der Waals surface area contributed by atoms with Gasteiger partial charge < -0.3 is 10.2 Å². The van der Waals surface area contributed by atoms with Crippen molar-refractivity contribution in [1.29, 1.82) is 0 Å². The summed E-state index contributed by atoms with van der Waals surface area (Å²) in [6.07, 6.45) is 5.29. The molecule has 3 nitrogen and oxygen atoms in total. The third kappa shape index (κ3) is 3.06. The Balaban J connectivity index is 1.56. The summed E-state index contributed by atoms with van der Waals surface area (Å²) in [6, 6.07) is 11.6. The summed E-state index contributed by atoms with van der Waals surface area (Å²) >= 11 is 6.25. The average molecular weight is 341 g/mol. The van der Waals surface area contributed by atoms with E-state index >= 15 is 0 Å². The van der Waals surface area contributed by atoms with E-state index in [4.69, 9.17) is 11.6 Å². The number of hydrogen-bond acceptors (Lipinski definition) is 2. The molecule has 2 aliphatic rings. The van der Waals surface area contributed by atoms with Gasteiger partial charge in [0, 0.05) is 40.6 Å². The topological polar surface area (TPSA) is 32.3 Å². The van der Waals surface area contributed by atoms with Gasteiger partial charge in [-0.2, -0.15) is 0 Å². The van der Waals surface area contributed by atoms with Crippen LogP contribution in [0.1, 0.15) is 19.3 Å². The highest BCUT2D eigenvalue weighted by Crippen LogP contribution is 2.32. The zero-order chi connectivity index (χ0) is 16.5. The fraction of sp³-hybridized carbons (Fsp3) is 0.350. The molecule has 2 unspecified atom stereocenters. The zero-order valence-electron chi connectivity index (χ0n) is 13.6. The van der Waals surface area contributed by atoms with Gasteiger partial charge in [-0.1, -0.05) is 41.4 Å². The van der Waals surface area contributed by atoms with Crippen LogP contribution in [0.5, 0.6) is 0 Å². The number of carbonyl (C=O) groups is 1. The maximum atomic E-state index is 12.5. The second kappa shape index (κ2) is 6.58. The van der Waals surface area contributed by atoms with Crippen molar-refractivity contribution in [2.24, 2.45) is 5.92 Å². The zero-order valence-corrected chi connectivity index (χ0v) is 14.4. The van der Waals surface area contributed by atoms with Gasteiger partial charge in [-0.05, 0) is 43.9 Å². The molecule has 4 rings (SSSR count). The fourth-order valence-electron chi connectivity index (χ4n) is 3.95. The van der Waals surface area contributed by atoms with E-state index in [-0.39, 0.29) is 5.91 Å². The number of fused-ring (bicyclic) bond motifs is 3. The highest BCUT2D eigenvalue weighted by atomic mass is 35.5. The lowest BCUT2D eigenvalue weighted by Gasteiger charge is -2.39. The number of amides is 1. The van der Waals surface area contributed by atoms with E-state index in [0.717, 1.165) is 36.0 Å². The van der Waals surface area contributed by atoms with Crippen LogP contribution in [0.25, 0.3) is 10.8 Å². The van der Waals surface area contributed by atoms with Crippen molar-refractivity contribution < 1.29 is 4.79 Å². The summed E-state index contributed by atoms with van der Waals surface area (Å²) < 4.78 is 0. The molecule has 2 heterocycles. The van der Waals surface area contributed by atoms with Gasteiger partial charge in [0.05, 0.1) is 0 Å². The molecule has 0 radical (unpaired) electrons. The Morgan fingerprint density at radius 1 is 1.17 bits per heavy atom. The van der Waals surface area contributed by atoms with E-state index in [0.29, 0.717) is 10.9 Å². The van der Waals surface area contributed by atoms with Crippen molar-refractivity contribution in [3.63, 3.8) is 0 Å². The van der Waals surface area contributed by atoms with Gasteiger partial charge in [0.2, 0.25) is 5.91 Å². The number of rotatable bonds is 2. The molecule has 124 valence electrons. The second-order valence-electron chi connectivity index (χ2n) is 6.74. The van der Waals surface area contributed by atoms with Crippen LogP contribution in [0.4, 0.5) is 5.69 Å². The molecule has 2 atom stereocenters. The van der Waals surface area contributed by atoms with Crippen molar-refractivity contribution in [3.05, 3.63) is 53.1 Å². The molecule has 2 aromatic carbocycles. The second-order valence-corrected chi connectivity index (χ2v) is 7.15. The fourth-order valence-corrected chi connectivity index (χ4v) is 4.18. The number of benzene rings is 2. The highest BCUT2D eigenvalue weighted by molar-refractivity contribution is 6.36. The Hall–Kier alpha value is -1.84. The third-order valence-corrected chi connectivity index (χ3v) is 5.52. The molecule has 24 heavy (non-hydrogen) atoms. The van der Waals surface area contributed by atoms with Crippen molar-refractivity contribution >= 4 is 34.0 Å². The standard InChI is InChI=1S/C20H21ClN2O/c21-18-7-8-19(17-6-2-1-5-16(17)18)22-20(24)12-14-9-11-23-10-3-4-15(14)13-23/h1-2,5-8,12,15H,3-4,9-11,13H2,(H,22,24). The minimum atomic E-state index is -0.0310. The number of nitrogens with one attached hydrogen (secondary N) is 1. The molecule has 0 saturated carbocycles. The van der Waals surface area contributed by atoms with E-state index in [1.54, 1.807) is 0 Å². The summed E-state index contributed by atoms with van der Waals surface area (Å²) in [4.78, 5) is 15.0. The molecule has 0 aromatic heterocycles. The van der Waals surface area contributed by atoms with Crippen molar-refractivity contribution in [2.75, 3.05) is 25.0 Å². The van der Waals surface area contributed by atoms with Crippen LogP contribution >= 0.6 is 11.6 Å². The Morgan fingerprint density at radius 2 is 2.00 bits per heavy atom. The number of halogens is 1. The number of nitrogens with zero attached hydrogens (tertiary/aromatic N) is 1. The minimum absolute atomic E-state index is 0.0310. The molecule has 0 spiro atoms. The number of carbonyl (C=O) groups excluding carboxylic acids is 1. The first-order valence-corrected chi connectivity index (χ1v) is 8.99. The van der Waals surface area contributed by atoms with Crippen molar-refractivity contribution in [1.82, 2.24) is 4.90 Å². The van der Waals surface area contributed by atoms with Crippen LogP contribution < -0.4 is 5.32 Å². The van der Waals surface area contributed by atoms with Gasteiger partial charge >= 0.3 is 0 Å². The van der Waals surface area contributed by atoms with Gasteiger partial charge in [0.1, 0.15) is 0 Å². The first kappa shape index (κ1) is 15.7. The Labute approximate surface area is 147 Å². The van der Waals surface area contributed by atoms with Gasteiger partial charge in [-0.3, -0.25) is 4.79 Å². The number of hydrogen-bond donors (Lipinski definition) is 1.